The number of hydrogen-bond acceptors (Lipinski definition) is 4. The third-order valence-electron chi connectivity index (χ3n) is 6.68. The molecule has 1 aliphatic carbocycles. The smallest absolute Gasteiger partial charge is 0.237 e. The lowest BCUT2D eigenvalue weighted by Gasteiger charge is -2.25. The zero-order valence-corrected chi connectivity index (χ0v) is 18.9. The van der Waals surface area contributed by atoms with Crippen molar-refractivity contribution in [1.29, 1.82) is 0 Å². The summed E-state index contributed by atoms with van der Waals surface area (Å²) in [6, 6.07) is 6.88. The highest BCUT2D eigenvalue weighted by atomic mass is 16.5. The molecule has 5 rings (SSSR count). The monoisotopic (exact) mass is 420 g/mol. The molecule has 0 spiro atoms. The summed E-state index contributed by atoms with van der Waals surface area (Å²) < 4.78 is 7.69. The van der Waals surface area contributed by atoms with Crippen molar-refractivity contribution in [3.63, 3.8) is 0 Å². The maximum Gasteiger partial charge on any atom is 0.237 e. The molecule has 2 aliphatic rings. The number of amides is 1. The van der Waals surface area contributed by atoms with Crippen molar-refractivity contribution in [2.75, 3.05) is 0 Å². The van der Waals surface area contributed by atoms with Crippen LogP contribution in [0.2, 0.25) is 0 Å². The van der Waals surface area contributed by atoms with E-state index in [2.05, 4.69) is 58.6 Å². The van der Waals surface area contributed by atoms with Crippen LogP contribution in [0.5, 0.6) is 0 Å². The number of nitrogens with one attached hydrogen (secondary N) is 2. The van der Waals surface area contributed by atoms with Crippen LogP contribution in [0.4, 0.5) is 0 Å². The second-order valence-corrected chi connectivity index (χ2v) is 9.71. The molecule has 164 valence electrons. The van der Waals surface area contributed by atoms with Crippen LogP contribution in [0.3, 0.4) is 0 Å². The molecule has 2 atom stereocenters. The van der Waals surface area contributed by atoms with Gasteiger partial charge in [0.05, 0.1) is 18.3 Å². The molecule has 1 aliphatic heterocycles. The number of carbonyl (C=O) groups is 1. The fourth-order valence-electron chi connectivity index (χ4n) is 4.92. The van der Waals surface area contributed by atoms with Gasteiger partial charge in [-0.3, -0.25) is 10.1 Å². The van der Waals surface area contributed by atoms with Gasteiger partial charge in [0, 0.05) is 34.7 Å². The molecule has 3 aromatic rings. The maximum absolute atomic E-state index is 13.1. The molecule has 6 heteroatoms. The molecule has 0 bridgehead atoms. The Balaban J connectivity index is 1.57. The van der Waals surface area contributed by atoms with Crippen molar-refractivity contribution in [2.24, 2.45) is 5.92 Å². The minimum absolute atomic E-state index is 0.135. The number of benzene rings is 1. The lowest BCUT2D eigenvalue weighted by atomic mass is 9.94. The Labute approximate surface area is 183 Å². The van der Waals surface area contributed by atoms with Crippen molar-refractivity contribution < 1.29 is 9.32 Å². The highest BCUT2D eigenvalue weighted by Gasteiger charge is 2.33. The van der Waals surface area contributed by atoms with Gasteiger partial charge in [-0.25, -0.2) is 0 Å². The highest BCUT2D eigenvalue weighted by Crippen LogP contribution is 2.36. The summed E-state index contributed by atoms with van der Waals surface area (Å²) in [6.45, 7) is 9.18. The van der Waals surface area contributed by atoms with E-state index in [-0.39, 0.29) is 18.0 Å². The summed E-state index contributed by atoms with van der Waals surface area (Å²) in [5.74, 6) is 1.53. The van der Waals surface area contributed by atoms with Crippen LogP contribution < -0.4 is 10.6 Å². The fraction of sp³-hybridized carbons (Fsp3) is 0.520. The minimum atomic E-state index is -0.213. The normalized spacial score (nSPS) is 20.9. The van der Waals surface area contributed by atoms with E-state index in [1.807, 2.05) is 13.8 Å². The fourth-order valence-corrected chi connectivity index (χ4v) is 4.92. The van der Waals surface area contributed by atoms with Gasteiger partial charge in [0.25, 0.3) is 0 Å². The van der Waals surface area contributed by atoms with Gasteiger partial charge in [0.2, 0.25) is 5.91 Å². The first kappa shape index (κ1) is 20.3. The van der Waals surface area contributed by atoms with Gasteiger partial charge in [-0.1, -0.05) is 31.1 Å². The molecule has 0 saturated heterocycles. The van der Waals surface area contributed by atoms with Crippen LogP contribution in [0.15, 0.2) is 28.9 Å². The Bertz CT molecular complexity index is 1100. The van der Waals surface area contributed by atoms with Gasteiger partial charge >= 0.3 is 0 Å². The molecule has 0 unspecified atom stereocenters. The predicted molar refractivity (Wildman–Crippen MR) is 121 cm³/mol. The first-order valence-corrected chi connectivity index (χ1v) is 11.5. The van der Waals surface area contributed by atoms with Crippen LogP contribution in [-0.2, 0) is 17.8 Å². The summed E-state index contributed by atoms with van der Waals surface area (Å²) in [5.41, 5.74) is 5.83. The van der Waals surface area contributed by atoms with Gasteiger partial charge < -0.3 is 14.4 Å². The third-order valence-corrected chi connectivity index (χ3v) is 6.68. The average Bonchev–Trinajstić information content (AvgIpc) is 3.43. The Morgan fingerprint density at radius 1 is 1.32 bits per heavy atom. The van der Waals surface area contributed by atoms with Gasteiger partial charge in [-0.15, -0.1) is 0 Å². The summed E-state index contributed by atoms with van der Waals surface area (Å²) in [4.78, 5) is 13.1. The molecule has 1 aromatic carbocycles. The van der Waals surface area contributed by atoms with Crippen LogP contribution in [0.1, 0.15) is 67.3 Å². The Kier molecular flexibility index (Phi) is 5.13. The first-order chi connectivity index (χ1) is 14.9. The van der Waals surface area contributed by atoms with E-state index in [4.69, 9.17) is 4.52 Å². The van der Waals surface area contributed by atoms with Crippen molar-refractivity contribution in [3.8, 4) is 0 Å². The summed E-state index contributed by atoms with van der Waals surface area (Å²) in [7, 11) is 0. The van der Waals surface area contributed by atoms with Crippen molar-refractivity contribution in [1.82, 2.24) is 20.4 Å². The number of nitrogens with zero attached hydrogens (tertiary/aromatic N) is 2. The van der Waals surface area contributed by atoms with Crippen LogP contribution >= 0.6 is 0 Å². The molecule has 3 heterocycles. The number of rotatable bonds is 6. The topological polar surface area (TPSA) is 72.1 Å². The van der Waals surface area contributed by atoms with Gasteiger partial charge in [0.15, 0.2) is 0 Å². The Morgan fingerprint density at radius 2 is 2.13 bits per heavy atom. The molecule has 31 heavy (non-hydrogen) atoms. The average molecular weight is 421 g/mol. The standard InChI is InChI=1S/C25H32N4O2/c1-14(2)10-21-19-6-5-7-23-24(19)17(11-22(27-21)25(30)26-18-8-9-18)12-29(23)13-20-15(3)28-31-16(20)4/h5-7,12,14,18,21-22,27H,8-11,13H2,1-4H3,(H,26,30)/t21-,22-/m0/s1. The minimum Gasteiger partial charge on any atom is -0.361 e. The maximum atomic E-state index is 13.1. The largest absolute Gasteiger partial charge is 0.361 e. The van der Waals surface area contributed by atoms with E-state index >= 15 is 0 Å². The molecule has 1 fully saturated rings. The molecular formula is C25H32N4O2. The second kappa shape index (κ2) is 7.83. The van der Waals surface area contributed by atoms with Crippen LogP contribution in [-0.4, -0.2) is 27.7 Å². The number of aromatic nitrogens is 2. The van der Waals surface area contributed by atoms with Crippen molar-refractivity contribution in [3.05, 3.63) is 52.5 Å². The quantitative estimate of drug-likeness (QED) is 0.628. The number of hydrogen-bond donors (Lipinski definition) is 2. The summed E-state index contributed by atoms with van der Waals surface area (Å²) >= 11 is 0. The first-order valence-electron chi connectivity index (χ1n) is 11.5. The Hall–Kier alpha value is -2.60. The predicted octanol–water partition coefficient (Wildman–Crippen LogP) is 4.17. The molecule has 1 amide bonds. The van der Waals surface area contributed by atoms with E-state index in [0.29, 0.717) is 18.4 Å². The van der Waals surface area contributed by atoms with Gasteiger partial charge in [0.1, 0.15) is 5.76 Å². The molecule has 6 nitrogen and oxygen atoms in total. The van der Waals surface area contributed by atoms with E-state index in [0.717, 1.165) is 42.8 Å². The zero-order chi connectivity index (χ0) is 21.7. The van der Waals surface area contributed by atoms with E-state index in [9.17, 15) is 4.79 Å². The Morgan fingerprint density at radius 3 is 2.81 bits per heavy atom. The third kappa shape index (κ3) is 3.89. The van der Waals surface area contributed by atoms with E-state index < -0.39 is 0 Å². The number of carbonyl (C=O) groups excluding carboxylic acids is 1. The zero-order valence-electron chi connectivity index (χ0n) is 18.9. The van der Waals surface area contributed by atoms with E-state index in [1.54, 1.807) is 0 Å². The molecule has 2 N–H and O–H groups in total. The molecule has 0 radical (unpaired) electrons. The lowest BCUT2D eigenvalue weighted by molar-refractivity contribution is -0.123. The number of aryl methyl sites for hydroxylation is 2. The van der Waals surface area contributed by atoms with Gasteiger partial charge in [-0.05, 0) is 62.6 Å². The van der Waals surface area contributed by atoms with Crippen LogP contribution in [0.25, 0.3) is 10.9 Å². The molecule has 1 saturated carbocycles. The molecule has 2 aromatic heterocycles. The van der Waals surface area contributed by atoms with Crippen LogP contribution in [0, 0.1) is 19.8 Å². The lowest BCUT2D eigenvalue weighted by Crippen LogP contribution is -2.47. The second-order valence-electron chi connectivity index (χ2n) is 9.71. The SMILES string of the molecule is Cc1noc(C)c1Cn1cc2c3c(cccc31)[C@H](CC(C)C)N[C@H](C(=O)NC1CC1)C2. The summed E-state index contributed by atoms with van der Waals surface area (Å²) in [6.07, 6.45) is 6.14. The van der Waals surface area contributed by atoms with Gasteiger partial charge in [-0.2, -0.15) is 0 Å². The highest BCUT2D eigenvalue weighted by molar-refractivity contribution is 5.90. The van der Waals surface area contributed by atoms with E-state index in [1.165, 1.54) is 22.0 Å². The van der Waals surface area contributed by atoms with Crippen molar-refractivity contribution in [2.45, 2.75) is 78.0 Å². The van der Waals surface area contributed by atoms with Crippen molar-refractivity contribution >= 4 is 16.8 Å². The molecular weight excluding hydrogens is 388 g/mol. The summed E-state index contributed by atoms with van der Waals surface area (Å²) in [5, 5.41) is 12.3.